The number of hydrogen-bond donors (Lipinski definition) is 1. The summed E-state index contributed by atoms with van der Waals surface area (Å²) < 4.78 is 0. The zero-order valence-corrected chi connectivity index (χ0v) is 10.6. The van der Waals surface area contributed by atoms with Crippen LogP contribution in [-0.2, 0) is 13.0 Å². The van der Waals surface area contributed by atoms with E-state index < -0.39 is 0 Å². The maximum Gasteiger partial charge on any atom is 0.106 e. The number of benzene rings is 1. The highest BCUT2D eigenvalue weighted by atomic mass is 35.5. The van der Waals surface area contributed by atoms with Gasteiger partial charge in [0.1, 0.15) is 5.01 Å². The molecule has 0 aliphatic heterocycles. The monoisotopic (exact) mass is 252 g/mol. The lowest BCUT2D eigenvalue weighted by atomic mass is 10.1. The zero-order chi connectivity index (χ0) is 11.5. The molecule has 0 saturated carbocycles. The number of rotatable bonds is 3. The largest absolute Gasteiger partial charge is 0.325 e. The van der Waals surface area contributed by atoms with Crippen molar-refractivity contribution in [3.63, 3.8) is 0 Å². The maximum absolute atomic E-state index is 5.92. The number of aromatic nitrogens is 1. The molecule has 0 amide bonds. The molecule has 0 aliphatic carbocycles. The van der Waals surface area contributed by atoms with E-state index in [4.69, 9.17) is 17.3 Å². The Balaban J connectivity index is 2.20. The fourth-order valence-corrected chi connectivity index (χ4v) is 2.62. The molecule has 1 aromatic heterocycles. The van der Waals surface area contributed by atoms with E-state index in [1.165, 1.54) is 16.0 Å². The topological polar surface area (TPSA) is 38.9 Å². The Hall–Kier alpha value is -0.900. The fourth-order valence-electron chi connectivity index (χ4n) is 1.57. The van der Waals surface area contributed by atoms with Gasteiger partial charge in [0.05, 0.1) is 0 Å². The summed E-state index contributed by atoms with van der Waals surface area (Å²) in [6, 6.07) is 5.98. The molecular formula is C12H13ClN2S. The van der Waals surface area contributed by atoms with Crippen molar-refractivity contribution in [2.75, 3.05) is 0 Å². The molecule has 2 N–H and O–H groups in total. The fraction of sp³-hybridized carbons (Fsp3) is 0.250. The lowest BCUT2D eigenvalue weighted by Gasteiger charge is -2.03. The molecule has 1 aromatic carbocycles. The molecule has 0 spiro atoms. The van der Waals surface area contributed by atoms with Gasteiger partial charge in [-0.2, -0.15) is 0 Å². The minimum Gasteiger partial charge on any atom is -0.325 e. The number of halogens is 1. The van der Waals surface area contributed by atoms with E-state index in [1.807, 2.05) is 18.3 Å². The SMILES string of the molecule is Cc1cc(Cl)ccc1Cc1cnc(CN)s1. The van der Waals surface area contributed by atoms with Crippen LogP contribution in [0.2, 0.25) is 5.02 Å². The lowest BCUT2D eigenvalue weighted by Crippen LogP contribution is -1.93. The van der Waals surface area contributed by atoms with Crippen molar-refractivity contribution >= 4 is 22.9 Å². The van der Waals surface area contributed by atoms with Crippen LogP contribution < -0.4 is 5.73 Å². The van der Waals surface area contributed by atoms with Crippen LogP contribution in [-0.4, -0.2) is 4.98 Å². The Labute approximate surface area is 104 Å². The van der Waals surface area contributed by atoms with Gasteiger partial charge in [0, 0.05) is 29.1 Å². The first kappa shape index (κ1) is 11.6. The van der Waals surface area contributed by atoms with Crippen molar-refractivity contribution in [3.8, 4) is 0 Å². The lowest BCUT2D eigenvalue weighted by molar-refractivity contribution is 1.04. The predicted octanol–water partition coefficient (Wildman–Crippen LogP) is 3.15. The molecule has 0 saturated heterocycles. The summed E-state index contributed by atoms with van der Waals surface area (Å²) in [4.78, 5) is 5.49. The average molecular weight is 253 g/mol. The molecule has 4 heteroatoms. The summed E-state index contributed by atoms with van der Waals surface area (Å²) in [7, 11) is 0. The van der Waals surface area contributed by atoms with E-state index in [-0.39, 0.29) is 0 Å². The smallest absolute Gasteiger partial charge is 0.106 e. The molecule has 0 atom stereocenters. The predicted molar refractivity (Wildman–Crippen MR) is 69.0 cm³/mol. The van der Waals surface area contributed by atoms with Gasteiger partial charge in [0.2, 0.25) is 0 Å². The standard InChI is InChI=1S/C12H13ClN2S/c1-8-4-10(13)3-2-9(8)5-11-7-15-12(6-14)16-11/h2-4,7H,5-6,14H2,1H3. The Bertz CT molecular complexity index is 494. The van der Waals surface area contributed by atoms with E-state index >= 15 is 0 Å². The van der Waals surface area contributed by atoms with Gasteiger partial charge in [-0.25, -0.2) is 4.98 Å². The van der Waals surface area contributed by atoms with Crippen LogP contribution in [0, 0.1) is 6.92 Å². The quantitative estimate of drug-likeness (QED) is 0.912. The van der Waals surface area contributed by atoms with Crippen molar-refractivity contribution in [3.05, 3.63) is 50.4 Å². The molecule has 0 fully saturated rings. The van der Waals surface area contributed by atoms with Crippen LogP contribution in [0.1, 0.15) is 21.0 Å². The summed E-state index contributed by atoms with van der Waals surface area (Å²) in [6.07, 6.45) is 2.81. The summed E-state index contributed by atoms with van der Waals surface area (Å²) in [6.45, 7) is 2.59. The second-order valence-corrected chi connectivity index (χ2v) is 5.31. The molecule has 16 heavy (non-hydrogen) atoms. The molecule has 2 rings (SSSR count). The molecule has 2 aromatic rings. The third-order valence-electron chi connectivity index (χ3n) is 2.45. The maximum atomic E-state index is 5.92. The van der Waals surface area contributed by atoms with E-state index in [9.17, 15) is 0 Å². The molecule has 0 aliphatic rings. The molecule has 0 unspecified atom stereocenters. The normalized spacial score (nSPS) is 10.7. The van der Waals surface area contributed by atoms with Crippen molar-refractivity contribution in [2.45, 2.75) is 19.9 Å². The Kier molecular flexibility index (Phi) is 3.59. The highest BCUT2D eigenvalue weighted by molar-refractivity contribution is 7.11. The van der Waals surface area contributed by atoms with Gasteiger partial charge in [-0.15, -0.1) is 11.3 Å². The highest BCUT2D eigenvalue weighted by Crippen LogP contribution is 2.21. The van der Waals surface area contributed by atoms with Crippen LogP contribution in [0.25, 0.3) is 0 Å². The second kappa shape index (κ2) is 4.95. The van der Waals surface area contributed by atoms with Gasteiger partial charge >= 0.3 is 0 Å². The molecule has 0 radical (unpaired) electrons. The summed E-state index contributed by atoms with van der Waals surface area (Å²) in [5.74, 6) is 0. The van der Waals surface area contributed by atoms with Crippen LogP contribution in [0.15, 0.2) is 24.4 Å². The van der Waals surface area contributed by atoms with Gasteiger partial charge in [-0.1, -0.05) is 17.7 Å². The van der Waals surface area contributed by atoms with Gasteiger partial charge in [0.15, 0.2) is 0 Å². The van der Waals surface area contributed by atoms with Crippen molar-refractivity contribution in [1.82, 2.24) is 4.98 Å². The van der Waals surface area contributed by atoms with Crippen molar-refractivity contribution in [1.29, 1.82) is 0 Å². The van der Waals surface area contributed by atoms with Crippen LogP contribution in [0.3, 0.4) is 0 Å². The molecule has 2 nitrogen and oxygen atoms in total. The molecular weight excluding hydrogens is 240 g/mol. The van der Waals surface area contributed by atoms with Crippen LogP contribution in [0.4, 0.5) is 0 Å². The summed E-state index contributed by atoms with van der Waals surface area (Å²) >= 11 is 7.59. The van der Waals surface area contributed by atoms with Gasteiger partial charge in [0.25, 0.3) is 0 Å². The van der Waals surface area contributed by atoms with Crippen molar-refractivity contribution < 1.29 is 0 Å². The third kappa shape index (κ3) is 2.61. The summed E-state index contributed by atoms with van der Waals surface area (Å²) in [5, 5.41) is 1.77. The summed E-state index contributed by atoms with van der Waals surface area (Å²) in [5.41, 5.74) is 8.04. The molecule has 0 bridgehead atoms. The number of aryl methyl sites for hydroxylation is 1. The molecule has 84 valence electrons. The Morgan fingerprint density at radius 1 is 1.44 bits per heavy atom. The number of thiazole rings is 1. The van der Waals surface area contributed by atoms with E-state index in [2.05, 4.69) is 18.0 Å². The van der Waals surface area contributed by atoms with Crippen molar-refractivity contribution in [2.24, 2.45) is 5.73 Å². The highest BCUT2D eigenvalue weighted by Gasteiger charge is 2.04. The first-order valence-corrected chi connectivity index (χ1v) is 6.27. The third-order valence-corrected chi connectivity index (χ3v) is 3.70. The number of nitrogens with two attached hydrogens (primary N) is 1. The number of nitrogens with zero attached hydrogens (tertiary/aromatic N) is 1. The Morgan fingerprint density at radius 2 is 2.25 bits per heavy atom. The first-order chi connectivity index (χ1) is 7.69. The van der Waals surface area contributed by atoms with E-state index in [0.29, 0.717) is 6.54 Å². The van der Waals surface area contributed by atoms with Crippen LogP contribution >= 0.6 is 22.9 Å². The minimum atomic E-state index is 0.518. The Morgan fingerprint density at radius 3 is 2.88 bits per heavy atom. The van der Waals surface area contributed by atoms with Gasteiger partial charge < -0.3 is 5.73 Å². The molecule has 1 heterocycles. The van der Waals surface area contributed by atoms with Gasteiger partial charge in [-0.05, 0) is 30.2 Å². The second-order valence-electron chi connectivity index (χ2n) is 3.67. The average Bonchev–Trinajstić information content (AvgIpc) is 2.70. The number of hydrogen-bond acceptors (Lipinski definition) is 3. The minimum absolute atomic E-state index is 0.518. The van der Waals surface area contributed by atoms with E-state index in [0.717, 1.165) is 16.5 Å². The van der Waals surface area contributed by atoms with Crippen LogP contribution in [0.5, 0.6) is 0 Å². The van der Waals surface area contributed by atoms with E-state index in [1.54, 1.807) is 11.3 Å². The van der Waals surface area contributed by atoms with Gasteiger partial charge in [-0.3, -0.25) is 0 Å². The first-order valence-electron chi connectivity index (χ1n) is 5.07. The zero-order valence-electron chi connectivity index (χ0n) is 9.03.